The van der Waals surface area contributed by atoms with Crippen molar-refractivity contribution in [2.75, 3.05) is 26.4 Å². The average molecular weight is 323 g/mol. The number of amides is 1. The molecule has 1 N–H and O–H groups in total. The Balaban J connectivity index is 0.00000200. The van der Waals surface area contributed by atoms with Gasteiger partial charge in [0.15, 0.2) is 5.76 Å². The Kier molecular flexibility index (Phi) is 5.61. The minimum absolute atomic E-state index is 0. The summed E-state index contributed by atoms with van der Waals surface area (Å²) in [7, 11) is -1.54. The molecular formula is C12H19ClN2O4S. The van der Waals surface area contributed by atoms with Gasteiger partial charge in [-0.15, -0.1) is 12.4 Å². The van der Waals surface area contributed by atoms with Crippen molar-refractivity contribution in [1.82, 2.24) is 10.2 Å². The Bertz CT molecular complexity index is 570. The number of hydrogen-bond donors (Lipinski definition) is 1. The van der Waals surface area contributed by atoms with Crippen molar-refractivity contribution in [3.8, 4) is 0 Å². The van der Waals surface area contributed by atoms with Gasteiger partial charge in [0.05, 0.1) is 0 Å². The molecule has 2 rings (SSSR count). The lowest BCUT2D eigenvalue weighted by molar-refractivity contribution is 0.0660. The fourth-order valence-corrected chi connectivity index (χ4v) is 2.74. The van der Waals surface area contributed by atoms with Crippen LogP contribution in [0.1, 0.15) is 23.4 Å². The third-order valence-corrected chi connectivity index (χ3v) is 4.22. The van der Waals surface area contributed by atoms with Crippen molar-refractivity contribution >= 4 is 28.2 Å². The quantitative estimate of drug-likeness (QED) is 0.895. The first-order valence-corrected chi connectivity index (χ1v) is 8.07. The molecule has 6 nitrogen and oxygen atoms in total. The van der Waals surface area contributed by atoms with E-state index in [9.17, 15) is 13.2 Å². The second kappa shape index (κ2) is 6.60. The van der Waals surface area contributed by atoms with E-state index in [1.807, 2.05) is 7.05 Å². The second-order valence-electron chi connectivity index (χ2n) is 4.77. The number of nitrogens with one attached hydrogen (secondary N) is 1. The number of halogens is 1. The number of likely N-dealkylation sites (tertiary alicyclic amines) is 1. The van der Waals surface area contributed by atoms with Crippen LogP contribution >= 0.6 is 12.4 Å². The molecule has 1 aliphatic rings. The van der Waals surface area contributed by atoms with Gasteiger partial charge in [-0.2, -0.15) is 0 Å². The van der Waals surface area contributed by atoms with Gasteiger partial charge in [-0.1, -0.05) is 0 Å². The maximum absolute atomic E-state index is 12.2. The maximum atomic E-state index is 12.2. The Morgan fingerprint density at radius 3 is 2.70 bits per heavy atom. The maximum Gasteiger partial charge on any atom is 0.289 e. The summed E-state index contributed by atoms with van der Waals surface area (Å²) in [6.07, 6.45) is 3.02. The lowest BCUT2D eigenvalue weighted by atomic mass is 10.1. The molecule has 1 amide bonds. The molecule has 2 heterocycles. The minimum Gasteiger partial charge on any atom is -0.440 e. The van der Waals surface area contributed by atoms with Gasteiger partial charge in [-0.25, -0.2) is 8.42 Å². The predicted octanol–water partition coefficient (Wildman–Crippen LogP) is 0.929. The fourth-order valence-electron chi connectivity index (χ4n) is 2.19. The summed E-state index contributed by atoms with van der Waals surface area (Å²) >= 11 is 0. The zero-order chi connectivity index (χ0) is 14.0. The van der Waals surface area contributed by atoms with Crippen molar-refractivity contribution in [3.05, 3.63) is 17.9 Å². The number of sulfone groups is 1. The van der Waals surface area contributed by atoms with Gasteiger partial charge in [-0.3, -0.25) is 4.79 Å². The molecule has 0 radical (unpaired) electrons. The second-order valence-corrected chi connectivity index (χ2v) is 6.72. The molecule has 1 aromatic rings. The Hall–Kier alpha value is -1.05. The van der Waals surface area contributed by atoms with E-state index in [1.165, 1.54) is 12.1 Å². The normalized spacial score (nSPS) is 19.5. The minimum atomic E-state index is -3.41. The van der Waals surface area contributed by atoms with Crippen molar-refractivity contribution in [2.45, 2.75) is 24.0 Å². The van der Waals surface area contributed by atoms with E-state index < -0.39 is 9.84 Å². The van der Waals surface area contributed by atoms with Crippen molar-refractivity contribution in [1.29, 1.82) is 0 Å². The molecule has 1 aromatic heterocycles. The van der Waals surface area contributed by atoms with E-state index >= 15 is 0 Å². The van der Waals surface area contributed by atoms with Gasteiger partial charge in [0.2, 0.25) is 14.9 Å². The Morgan fingerprint density at radius 1 is 1.45 bits per heavy atom. The van der Waals surface area contributed by atoms with Crippen molar-refractivity contribution < 1.29 is 17.6 Å². The first-order chi connectivity index (χ1) is 8.91. The number of likely N-dealkylation sites (N-methyl/N-ethyl adjacent to an activating group) is 1. The average Bonchev–Trinajstić information content (AvgIpc) is 2.87. The molecule has 114 valence electrons. The van der Waals surface area contributed by atoms with Gasteiger partial charge < -0.3 is 14.6 Å². The third kappa shape index (κ3) is 3.74. The molecule has 0 bridgehead atoms. The molecule has 0 saturated carbocycles. The van der Waals surface area contributed by atoms with Crippen LogP contribution in [0, 0.1) is 0 Å². The van der Waals surface area contributed by atoms with Crippen LogP contribution in [0.5, 0.6) is 0 Å². The molecule has 20 heavy (non-hydrogen) atoms. The molecule has 1 saturated heterocycles. The number of nitrogens with zero attached hydrogens (tertiary/aromatic N) is 1. The van der Waals surface area contributed by atoms with Gasteiger partial charge in [0.1, 0.15) is 0 Å². The van der Waals surface area contributed by atoms with E-state index in [2.05, 4.69) is 5.32 Å². The standard InChI is InChI=1S/C12H18N2O4S.ClH/c1-13-9-4-3-7-14(8-9)12(15)10-5-6-11(18-10)19(2,16)17;/h5-6,9,13H,3-4,7-8H2,1-2H3;1H. The van der Waals surface area contributed by atoms with Crippen LogP contribution < -0.4 is 5.32 Å². The van der Waals surface area contributed by atoms with Crippen LogP contribution in [0.3, 0.4) is 0 Å². The summed E-state index contributed by atoms with van der Waals surface area (Å²) in [5, 5.41) is 2.98. The third-order valence-electron chi connectivity index (χ3n) is 3.27. The van der Waals surface area contributed by atoms with Gasteiger partial charge >= 0.3 is 0 Å². The highest BCUT2D eigenvalue weighted by Crippen LogP contribution is 2.18. The van der Waals surface area contributed by atoms with Gasteiger partial charge in [0, 0.05) is 25.4 Å². The number of rotatable bonds is 3. The highest BCUT2D eigenvalue weighted by molar-refractivity contribution is 7.90. The smallest absolute Gasteiger partial charge is 0.289 e. The molecule has 1 unspecified atom stereocenters. The molecule has 8 heteroatoms. The van der Waals surface area contributed by atoms with E-state index in [0.717, 1.165) is 19.1 Å². The van der Waals surface area contributed by atoms with Crippen LogP contribution in [-0.2, 0) is 9.84 Å². The zero-order valence-electron chi connectivity index (χ0n) is 11.5. The predicted molar refractivity (Wildman–Crippen MR) is 77.1 cm³/mol. The van der Waals surface area contributed by atoms with Crippen LogP contribution in [0.4, 0.5) is 0 Å². The molecule has 0 aliphatic carbocycles. The van der Waals surface area contributed by atoms with E-state index in [4.69, 9.17) is 4.42 Å². The highest BCUT2D eigenvalue weighted by Gasteiger charge is 2.26. The molecule has 0 spiro atoms. The highest BCUT2D eigenvalue weighted by atomic mass is 35.5. The van der Waals surface area contributed by atoms with Crippen LogP contribution in [-0.4, -0.2) is 51.7 Å². The molecule has 1 fully saturated rings. The molecule has 1 aliphatic heterocycles. The topological polar surface area (TPSA) is 79.6 Å². The number of carbonyl (C=O) groups is 1. The monoisotopic (exact) mass is 322 g/mol. The van der Waals surface area contributed by atoms with Crippen LogP contribution in [0.2, 0.25) is 0 Å². The first-order valence-electron chi connectivity index (χ1n) is 6.18. The summed E-state index contributed by atoms with van der Waals surface area (Å²) in [5.74, 6) is -0.174. The number of furan rings is 1. The number of piperidine rings is 1. The molecule has 1 atom stereocenters. The van der Waals surface area contributed by atoms with Crippen molar-refractivity contribution in [3.63, 3.8) is 0 Å². The van der Waals surface area contributed by atoms with Gasteiger partial charge in [-0.05, 0) is 32.0 Å². The van der Waals surface area contributed by atoms with Crippen LogP contribution in [0.15, 0.2) is 21.6 Å². The molecule has 0 aromatic carbocycles. The number of hydrogen-bond acceptors (Lipinski definition) is 5. The lowest BCUT2D eigenvalue weighted by Crippen LogP contribution is -2.46. The van der Waals surface area contributed by atoms with Crippen molar-refractivity contribution in [2.24, 2.45) is 0 Å². The SMILES string of the molecule is CNC1CCCN(C(=O)c2ccc(S(C)(=O)=O)o2)C1.Cl. The Labute approximate surface area is 124 Å². The van der Waals surface area contributed by atoms with E-state index in [1.54, 1.807) is 4.90 Å². The Morgan fingerprint density at radius 2 is 2.15 bits per heavy atom. The van der Waals surface area contributed by atoms with E-state index in [0.29, 0.717) is 13.1 Å². The summed E-state index contributed by atoms with van der Waals surface area (Å²) in [4.78, 5) is 13.9. The summed E-state index contributed by atoms with van der Waals surface area (Å²) in [6, 6.07) is 3.02. The number of carbonyl (C=O) groups excluding carboxylic acids is 1. The summed E-state index contributed by atoms with van der Waals surface area (Å²) < 4.78 is 27.8. The zero-order valence-corrected chi connectivity index (χ0v) is 13.1. The first kappa shape index (κ1) is 17.0. The van der Waals surface area contributed by atoms with E-state index in [-0.39, 0.29) is 35.2 Å². The lowest BCUT2D eigenvalue weighted by Gasteiger charge is -2.31. The molecular weight excluding hydrogens is 304 g/mol. The fraction of sp³-hybridized carbons (Fsp3) is 0.583. The van der Waals surface area contributed by atoms with Crippen LogP contribution in [0.25, 0.3) is 0 Å². The summed E-state index contributed by atoms with van der Waals surface area (Å²) in [6.45, 7) is 1.29. The van der Waals surface area contributed by atoms with Gasteiger partial charge in [0.25, 0.3) is 5.91 Å². The summed E-state index contributed by atoms with van der Waals surface area (Å²) in [5.41, 5.74) is 0. The largest absolute Gasteiger partial charge is 0.440 e.